The summed E-state index contributed by atoms with van der Waals surface area (Å²) in [6.07, 6.45) is 2.85. The molecule has 4 rings (SSSR count). The average Bonchev–Trinajstić information content (AvgIpc) is 3.15. The van der Waals surface area contributed by atoms with Crippen molar-refractivity contribution < 1.29 is 18.3 Å². The van der Waals surface area contributed by atoms with E-state index in [2.05, 4.69) is 14.8 Å². The molecule has 0 aliphatic carbocycles. The predicted octanol–water partition coefficient (Wildman–Crippen LogP) is 3.99. The van der Waals surface area contributed by atoms with E-state index < -0.39 is 17.5 Å². The molecule has 3 heterocycles. The van der Waals surface area contributed by atoms with Crippen molar-refractivity contribution in [2.75, 3.05) is 20.2 Å². The van der Waals surface area contributed by atoms with Crippen LogP contribution in [0.2, 0.25) is 5.15 Å². The van der Waals surface area contributed by atoms with Gasteiger partial charge in [-0.05, 0) is 18.9 Å². The largest absolute Gasteiger partial charge is 0.479 e. The second-order valence-electron chi connectivity index (χ2n) is 7.53. The number of hydrogen-bond acceptors (Lipinski definition) is 5. The molecule has 3 aromatic rings. The van der Waals surface area contributed by atoms with E-state index in [-0.39, 0.29) is 45.5 Å². The molecule has 0 bridgehead atoms. The Bertz CT molecular complexity index is 1270. The molecule has 1 saturated heterocycles. The number of aromatic nitrogens is 3. The van der Waals surface area contributed by atoms with Gasteiger partial charge in [-0.15, -0.1) is 0 Å². The smallest absolute Gasteiger partial charge is 0.275 e. The highest BCUT2D eigenvalue weighted by Gasteiger charge is 2.30. The second kappa shape index (κ2) is 9.13. The summed E-state index contributed by atoms with van der Waals surface area (Å²) >= 11 is 6.59. The monoisotopic (exact) mass is 472 g/mol. The summed E-state index contributed by atoms with van der Waals surface area (Å²) in [7, 11) is 1.28. The summed E-state index contributed by atoms with van der Waals surface area (Å²) < 4.78 is 35.0. The molecule has 0 unspecified atom stereocenters. The van der Waals surface area contributed by atoms with Crippen LogP contribution in [0, 0.1) is 18.2 Å². The van der Waals surface area contributed by atoms with Crippen molar-refractivity contribution in [2.45, 2.75) is 18.9 Å². The number of pyridine rings is 1. The van der Waals surface area contributed by atoms with Crippen LogP contribution in [-0.2, 0) is 0 Å². The maximum atomic E-state index is 14.4. The van der Waals surface area contributed by atoms with Gasteiger partial charge in [0.05, 0.1) is 25.6 Å². The van der Waals surface area contributed by atoms with Gasteiger partial charge in [-0.25, -0.2) is 23.6 Å². The van der Waals surface area contributed by atoms with Crippen LogP contribution in [0.4, 0.5) is 14.5 Å². The van der Waals surface area contributed by atoms with Gasteiger partial charge in [-0.3, -0.25) is 9.36 Å². The standard InChI is InChI=1S/C22H19ClF2N6O2/c1-27-17-6-5-12(8-15(17)24)20-29-18(22(32)30-7-3-4-13(26)11-30)19(23)31(20)14-9-16(25)21(33-2)28-10-14/h5-6,8-10,13H,3-4,7,11,26H2,2H3/t13-/m0/s1. The molecule has 1 aliphatic heterocycles. The fourth-order valence-electron chi connectivity index (χ4n) is 3.73. The van der Waals surface area contributed by atoms with Gasteiger partial charge < -0.3 is 15.4 Å². The number of carbonyl (C=O) groups excluding carboxylic acids is 1. The molecular weight excluding hydrogens is 454 g/mol. The molecule has 1 atom stereocenters. The van der Waals surface area contributed by atoms with Gasteiger partial charge in [0, 0.05) is 30.8 Å². The third-order valence-electron chi connectivity index (χ3n) is 5.34. The summed E-state index contributed by atoms with van der Waals surface area (Å²) in [6.45, 7) is 7.89. The molecular formula is C22H19ClF2N6O2. The topological polar surface area (TPSA) is 90.6 Å². The number of piperidine rings is 1. The first-order valence-corrected chi connectivity index (χ1v) is 10.4. The number of nitrogens with two attached hydrogens (primary N) is 1. The number of likely N-dealkylation sites (tertiary alicyclic amines) is 1. The molecule has 0 spiro atoms. The van der Waals surface area contributed by atoms with E-state index >= 15 is 0 Å². The number of amides is 1. The van der Waals surface area contributed by atoms with Gasteiger partial charge in [0.2, 0.25) is 11.6 Å². The Hall–Kier alpha value is -3.55. The number of carbonyl (C=O) groups is 1. The van der Waals surface area contributed by atoms with Crippen LogP contribution in [0.5, 0.6) is 5.88 Å². The Morgan fingerprint density at radius 3 is 2.76 bits per heavy atom. The van der Waals surface area contributed by atoms with E-state index in [0.717, 1.165) is 25.0 Å². The number of hydrogen-bond donors (Lipinski definition) is 1. The zero-order chi connectivity index (χ0) is 23.7. The van der Waals surface area contributed by atoms with Crippen molar-refractivity contribution in [3.63, 3.8) is 0 Å². The van der Waals surface area contributed by atoms with Crippen LogP contribution in [-0.4, -0.2) is 51.6 Å². The Labute approximate surface area is 193 Å². The van der Waals surface area contributed by atoms with Crippen LogP contribution in [0.3, 0.4) is 0 Å². The Balaban J connectivity index is 1.88. The molecule has 8 nitrogen and oxygen atoms in total. The minimum atomic E-state index is -0.762. The maximum Gasteiger partial charge on any atom is 0.275 e. The summed E-state index contributed by atoms with van der Waals surface area (Å²) in [5.41, 5.74) is 6.16. The molecule has 1 fully saturated rings. The fraction of sp³-hybridized carbons (Fsp3) is 0.273. The SMILES string of the molecule is [C-]#[N+]c1ccc(-c2nc(C(=O)N3CCC[C@H](N)C3)c(Cl)n2-c2cnc(OC)c(F)c2)cc1F. The lowest BCUT2D eigenvalue weighted by atomic mass is 10.1. The van der Waals surface area contributed by atoms with Gasteiger partial charge in [-0.1, -0.05) is 23.7 Å². The van der Waals surface area contributed by atoms with Gasteiger partial charge in [0.25, 0.3) is 5.91 Å². The molecule has 170 valence electrons. The average molecular weight is 473 g/mol. The molecule has 33 heavy (non-hydrogen) atoms. The number of benzene rings is 1. The van der Waals surface area contributed by atoms with E-state index in [4.69, 9.17) is 28.6 Å². The Kier molecular flexibility index (Phi) is 6.26. The number of nitrogens with zero attached hydrogens (tertiary/aromatic N) is 5. The molecule has 1 aliphatic rings. The number of imidazole rings is 1. The highest BCUT2D eigenvalue weighted by molar-refractivity contribution is 6.33. The lowest BCUT2D eigenvalue weighted by Crippen LogP contribution is -2.45. The number of methoxy groups -OCH3 is 1. The minimum Gasteiger partial charge on any atom is -0.479 e. The third-order valence-corrected chi connectivity index (χ3v) is 5.69. The zero-order valence-corrected chi connectivity index (χ0v) is 18.3. The first-order valence-electron chi connectivity index (χ1n) is 10.0. The van der Waals surface area contributed by atoms with E-state index in [9.17, 15) is 13.6 Å². The van der Waals surface area contributed by atoms with E-state index in [1.807, 2.05) is 0 Å². The van der Waals surface area contributed by atoms with Crippen molar-refractivity contribution in [3.05, 3.63) is 64.4 Å². The van der Waals surface area contributed by atoms with Crippen LogP contribution < -0.4 is 10.5 Å². The van der Waals surface area contributed by atoms with Crippen LogP contribution >= 0.6 is 11.6 Å². The number of ether oxygens (including phenoxy) is 1. The highest BCUT2D eigenvalue weighted by atomic mass is 35.5. The predicted molar refractivity (Wildman–Crippen MR) is 118 cm³/mol. The van der Waals surface area contributed by atoms with Gasteiger partial charge in [-0.2, -0.15) is 0 Å². The van der Waals surface area contributed by atoms with Crippen molar-refractivity contribution in [1.29, 1.82) is 0 Å². The molecule has 0 saturated carbocycles. The van der Waals surface area contributed by atoms with Crippen LogP contribution in [0.25, 0.3) is 21.9 Å². The molecule has 2 N–H and O–H groups in total. The molecule has 11 heteroatoms. The van der Waals surface area contributed by atoms with Gasteiger partial charge >= 0.3 is 0 Å². The molecule has 0 radical (unpaired) electrons. The lowest BCUT2D eigenvalue weighted by Gasteiger charge is -2.30. The third kappa shape index (κ3) is 4.25. The molecule has 1 amide bonds. The maximum absolute atomic E-state index is 14.4. The lowest BCUT2D eigenvalue weighted by molar-refractivity contribution is 0.0703. The minimum absolute atomic E-state index is 0.0772. The molecule has 2 aromatic heterocycles. The Morgan fingerprint density at radius 1 is 1.33 bits per heavy atom. The summed E-state index contributed by atoms with van der Waals surface area (Å²) in [5, 5.41) is -0.0878. The number of halogens is 3. The fourth-order valence-corrected chi connectivity index (χ4v) is 4.04. The quantitative estimate of drug-likeness (QED) is 0.580. The molecule has 1 aromatic carbocycles. The van der Waals surface area contributed by atoms with Crippen molar-refractivity contribution in [1.82, 2.24) is 19.4 Å². The van der Waals surface area contributed by atoms with E-state index in [1.165, 1.54) is 30.0 Å². The first kappa shape index (κ1) is 22.6. The van der Waals surface area contributed by atoms with Gasteiger partial charge in [0.1, 0.15) is 16.8 Å². The van der Waals surface area contributed by atoms with Crippen molar-refractivity contribution in [3.8, 4) is 23.0 Å². The van der Waals surface area contributed by atoms with E-state index in [0.29, 0.717) is 13.1 Å². The zero-order valence-electron chi connectivity index (χ0n) is 17.6. The second-order valence-corrected chi connectivity index (χ2v) is 7.88. The van der Waals surface area contributed by atoms with Crippen molar-refractivity contribution in [2.24, 2.45) is 5.73 Å². The van der Waals surface area contributed by atoms with Crippen LogP contribution in [0.1, 0.15) is 23.3 Å². The van der Waals surface area contributed by atoms with Gasteiger partial charge in [0.15, 0.2) is 11.5 Å². The van der Waals surface area contributed by atoms with Crippen LogP contribution in [0.15, 0.2) is 30.5 Å². The summed E-state index contributed by atoms with van der Waals surface area (Å²) in [5.74, 6) is -2.08. The normalized spacial score (nSPS) is 15.9. The summed E-state index contributed by atoms with van der Waals surface area (Å²) in [4.78, 5) is 26.2. The first-order chi connectivity index (χ1) is 15.8. The summed E-state index contributed by atoms with van der Waals surface area (Å²) in [6, 6.07) is 4.85. The van der Waals surface area contributed by atoms with Crippen molar-refractivity contribution >= 4 is 23.2 Å². The highest BCUT2D eigenvalue weighted by Crippen LogP contribution is 2.33. The number of rotatable bonds is 4. The van der Waals surface area contributed by atoms with E-state index in [1.54, 1.807) is 4.90 Å². The Morgan fingerprint density at radius 2 is 2.12 bits per heavy atom.